The maximum Gasteiger partial charge on any atom is 0.154 e. The van der Waals surface area contributed by atoms with Gasteiger partial charge in [-0.2, -0.15) is 0 Å². The van der Waals surface area contributed by atoms with E-state index in [2.05, 4.69) is 21.1 Å². The average molecular weight is 307 g/mol. The molecule has 3 aromatic heterocycles. The fourth-order valence-electron chi connectivity index (χ4n) is 2.44. The van der Waals surface area contributed by atoms with E-state index in [1.54, 1.807) is 16.0 Å². The van der Waals surface area contributed by atoms with Crippen molar-refractivity contribution in [2.45, 2.75) is 6.92 Å². The number of nitrogens with two attached hydrogens (primary N) is 1. The van der Waals surface area contributed by atoms with Gasteiger partial charge in [-0.1, -0.05) is 12.1 Å². The molecular weight excluding hydrogens is 294 g/mol. The summed E-state index contributed by atoms with van der Waals surface area (Å²) in [5.41, 5.74) is 11.7. The molecule has 0 aliphatic heterocycles. The standard InChI is InChI=1S/C16H13N5S/c1-10-3-2-4-16(19-10)21-13(8-15(17)20-21)11-5-6-12-14(7-11)22-9-18-12/h2-9H,1H3,(H2,17,20). The molecule has 1 aromatic carbocycles. The lowest BCUT2D eigenvalue weighted by Gasteiger charge is -2.07. The summed E-state index contributed by atoms with van der Waals surface area (Å²) in [6.45, 7) is 1.96. The van der Waals surface area contributed by atoms with Crippen molar-refractivity contribution in [2.24, 2.45) is 0 Å². The Morgan fingerprint density at radius 2 is 2.05 bits per heavy atom. The number of aromatic nitrogens is 4. The Bertz CT molecular complexity index is 970. The second kappa shape index (κ2) is 4.92. The van der Waals surface area contributed by atoms with Gasteiger partial charge in [-0.15, -0.1) is 16.4 Å². The molecule has 0 unspecified atom stereocenters. The van der Waals surface area contributed by atoms with Gasteiger partial charge in [-0.25, -0.2) is 14.6 Å². The zero-order valence-corrected chi connectivity index (χ0v) is 12.7. The minimum atomic E-state index is 0.475. The SMILES string of the molecule is Cc1cccc(-n2nc(N)cc2-c2ccc3ncsc3c2)n1. The lowest BCUT2D eigenvalue weighted by molar-refractivity contribution is 0.852. The molecular formula is C16H13N5S. The van der Waals surface area contributed by atoms with Crippen molar-refractivity contribution in [3.63, 3.8) is 0 Å². The highest BCUT2D eigenvalue weighted by Gasteiger charge is 2.12. The van der Waals surface area contributed by atoms with Crippen LogP contribution in [0.3, 0.4) is 0 Å². The first-order valence-corrected chi connectivity index (χ1v) is 7.72. The van der Waals surface area contributed by atoms with E-state index in [-0.39, 0.29) is 0 Å². The predicted octanol–water partition coefficient (Wildman–Crippen LogP) is 3.43. The smallest absolute Gasteiger partial charge is 0.154 e. The molecule has 4 aromatic rings. The first kappa shape index (κ1) is 13.0. The second-order valence-corrected chi connectivity index (χ2v) is 5.92. The molecule has 0 aliphatic carbocycles. The third-order valence-corrected chi connectivity index (χ3v) is 4.24. The molecule has 0 spiro atoms. The molecule has 0 fully saturated rings. The Hall–Kier alpha value is -2.73. The summed E-state index contributed by atoms with van der Waals surface area (Å²) in [6.07, 6.45) is 0. The quantitative estimate of drug-likeness (QED) is 0.616. The fourth-order valence-corrected chi connectivity index (χ4v) is 3.16. The van der Waals surface area contributed by atoms with E-state index < -0.39 is 0 Å². The highest BCUT2D eigenvalue weighted by atomic mass is 32.1. The molecule has 6 heteroatoms. The van der Waals surface area contributed by atoms with Crippen molar-refractivity contribution in [1.29, 1.82) is 0 Å². The van der Waals surface area contributed by atoms with Crippen molar-refractivity contribution in [3.8, 4) is 17.1 Å². The maximum absolute atomic E-state index is 5.92. The molecule has 4 rings (SSSR count). The van der Waals surface area contributed by atoms with Crippen LogP contribution in [0.5, 0.6) is 0 Å². The van der Waals surface area contributed by atoms with Crippen LogP contribution in [0.25, 0.3) is 27.3 Å². The van der Waals surface area contributed by atoms with Crippen LogP contribution in [0, 0.1) is 6.92 Å². The summed E-state index contributed by atoms with van der Waals surface area (Å²) in [5, 5.41) is 4.39. The Labute approximate surface area is 131 Å². The predicted molar refractivity (Wildman–Crippen MR) is 89.1 cm³/mol. The Morgan fingerprint density at radius 1 is 1.14 bits per heavy atom. The van der Waals surface area contributed by atoms with Gasteiger partial charge in [0.05, 0.1) is 21.4 Å². The van der Waals surface area contributed by atoms with Crippen LogP contribution in [0.15, 0.2) is 48.0 Å². The fraction of sp³-hybridized carbons (Fsp3) is 0.0625. The van der Waals surface area contributed by atoms with Crippen LogP contribution in [-0.4, -0.2) is 19.7 Å². The van der Waals surface area contributed by atoms with Crippen LogP contribution >= 0.6 is 11.3 Å². The normalized spacial score (nSPS) is 11.1. The Kier molecular flexibility index (Phi) is 2.90. The van der Waals surface area contributed by atoms with Crippen LogP contribution in [0.2, 0.25) is 0 Å². The molecule has 0 aliphatic rings. The maximum atomic E-state index is 5.92. The van der Waals surface area contributed by atoms with Gasteiger partial charge in [0.25, 0.3) is 0 Å². The molecule has 5 nitrogen and oxygen atoms in total. The molecule has 2 N–H and O–H groups in total. The average Bonchev–Trinajstić information content (AvgIpc) is 3.12. The molecule has 22 heavy (non-hydrogen) atoms. The molecule has 0 radical (unpaired) electrons. The molecule has 0 saturated heterocycles. The van der Waals surface area contributed by atoms with Gasteiger partial charge in [-0.05, 0) is 31.2 Å². The number of hydrogen-bond acceptors (Lipinski definition) is 5. The number of rotatable bonds is 2. The summed E-state index contributed by atoms with van der Waals surface area (Å²) in [7, 11) is 0. The lowest BCUT2D eigenvalue weighted by atomic mass is 10.1. The Balaban J connectivity index is 1.91. The number of pyridine rings is 1. The minimum Gasteiger partial charge on any atom is -0.382 e. The first-order chi connectivity index (χ1) is 10.7. The zero-order valence-electron chi connectivity index (χ0n) is 11.9. The van der Waals surface area contributed by atoms with Gasteiger partial charge < -0.3 is 5.73 Å². The van der Waals surface area contributed by atoms with Gasteiger partial charge in [0.1, 0.15) is 5.82 Å². The summed E-state index contributed by atoms with van der Waals surface area (Å²) < 4.78 is 2.92. The topological polar surface area (TPSA) is 69.6 Å². The van der Waals surface area contributed by atoms with Crippen LogP contribution in [-0.2, 0) is 0 Å². The third-order valence-electron chi connectivity index (χ3n) is 3.45. The summed E-state index contributed by atoms with van der Waals surface area (Å²) in [5.74, 6) is 1.24. The molecule has 108 valence electrons. The van der Waals surface area contributed by atoms with Crippen molar-refractivity contribution in [1.82, 2.24) is 19.7 Å². The molecule has 0 atom stereocenters. The van der Waals surface area contributed by atoms with Gasteiger partial charge >= 0.3 is 0 Å². The number of thiazole rings is 1. The number of aryl methyl sites for hydroxylation is 1. The minimum absolute atomic E-state index is 0.475. The second-order valence-electron chi connectivity index (χ2n) is 5.04. The highest BCUT2D eigenvalue weighted by molar-refractivity contribution is 7.16. The molecule has 0 bridgehead atoms. The number of benzene rings is 1. The number of nitrogen functional groups attached to an aromatic ring is 1. The van der Waals surface area contributed by atoms with Crippen molar-refractivity contribution >= 4 is 27.4 Å². The molecule has 3 heterocycles. The van der Waals surface area contributed by atoms with Gasteiger partial charge in [0.15, 0.2) is 5.82 Å². The van der Waals surface area contributed by atoms with E-state index >= 15 is 0 Å². The number of anilines is 1. The zero-order chi connectivity index (χ0) is 15.1. The van der Waals surface area contributed by atoms with Gasteiger partial charge in [-0.3, -0.25) is 0 Å². The van der Waals surface area contributed by atoms with Crippen molar-refractivity contribution in [3.05, 3.63) is 53.7 Å². The van der Waals surface area contributed by atoms with E-state index in [9.17, 15) is 0 Å². The molecule has 0 saturated carbocycles. The summed E-state index contributed by atoms with van der Waals surface area (Å²) in [4.78, 5) is 8.84. The number of hydrogen-bond donors (Lipinski definition) is 1. The first-order valence-electron chi connectivity index (χ1n) is 6.84. The van der Waals surface area contributed by atoms with E-state index in [1.807, 2.05) is 48.8 Å². The highest BCUT2D eigenvalue weighted by Crippen LogP contribution is 2.28. The van der Waals surface area contributed by atoms with Gasteiger partial charge in [0, 0.05) is 17.3 Å². The van der Waals surface area contributed by atoms with E-state index in [4.69, 9.17) is 5.73 Å². The van der Waals surface area contributed by atoms with Crippen molar-refractivity contribution < 1.29 is 0 Å². The Morgan fingerprint density at radius 3 is 2.91 bits per heavy atom. The lowest BCUT2D eigenvalue weighted by Crippen LogP contribution is -2.03. The molecule has 0 amide bonds. The van der Waals surface area contributed by atoms with E-state index in [0.717, 1.165) is 33.0 Å². The van der Waals surface area contributed by atoms with Crippen molar-refractivity contribution in [2.75, 3.05) is 5.73 Å². The number of nitrogens with zero attached hydrogens (tertiary/aromatic N) is 4. The van der Waals surface area contributed by atoms with Crippen LogP contribution in [0.4, 0.5) is 5.82 Å². The monoisotopic (exact) mass is 307 g/mol. The summed E-state index contributed by atoms with van der Waals surface area (Å²) in [6, 6.07) is 13.9. The van der Waals surface area contributed by atoms with Gasteiger partial charge in [0.2, 0.25) is 0 Å². The van der Waals surface area contributed by atoms with Crippen LogP contribution < -0.4 is 5.73 Å². The third kappa shape index (κ3) is 2.14. The number of fused-ring (bicyclic) bond motifs is 1. The largest absolute Gasteiger partial charge is 0.382 e. The van der Waals surface area contributed by atoms with E-state index in [1.165, 1.54) is 0 Å². The van der Waals surface area contributed by atoms with E-state index in [0.29, 0.717) is 5.82 Å². The van der Waals surface area contributed by atoms with Crippen LogP contribution in [0.1, 0.15) is 5.69 Å². The summed E-state index contributed by atoms with van der Waals surface area (Å²) >= 11 is 1.62.